The number of nitrogens with two attached hydrogens (primary N) is 1. The molecule has 0 saturated heterocycles. The van der Waals surface area contributed by atoms with Gasteiger partial charge in [-0.05, 0) is 43.9 Å². The molecule has 1 saturated carbocycles. The smallest absolute Gasteiger partial charge is 0.127 e. The maximum absolute atomic E-state index is 13.1. The summed E-state index contributed by atoms with van der Waals surface area (Å²) >= 11 is 0. The second-order valence-corrected chi connectivity index (χ2v) is 4.75. The van der Waals surface area contributed by atoms with E-state index in [-0.39, 0.29) is 5.82 Å². The largest absolute Gasteiger partial charge is 0.399 e. The molecule has 1 fully saturated rings. The minimum Gasteiger partial charge on any atom is -0.399 e. The van der Waals surface area contributed by atoms with Gasteiger partial charge in [0.15, 0.2) is 0 Å². The number of hydrogen-bond donors (Lipinski definition) is 2. The molecule has 2 nitrogen and oxygen atoms in total. The van der Waals surface area contributed by atoms with Crippen molar-refractivity contribution in [3.63, 3.8) is 0 Å². The molecule has 0 aromatic heterocycles. The van der Waals surface area contributed by atoms with E-state index in [0.29, 0.717) is 17.6 Å². The SMILES string of the molecule is CC(Nc1cc(N)cc(F)c1)C1CCCC1. The van der Waals surface area contributed by atoms with Crippen LogP contribution in [0.1, 0.15) is 32.6 Å². The Labute approximate surface area is 96.0 Å². The van der Waals surface area contributed by atoms with Crippen LogP contribution in [0.4, 0.5) is 15.8 Å². The first-order valence-electron chi connectivity index (χ1n) is 5.98. The van der Waals surface area contributed by atoms with E-state index in [9.17, 15) is 4.39 Å². The Kier molecular flexibility index (Phi) is 3.32. The molecule has 1 atom stereocenters. The summed E-state index contributed by atoms with van der Waals surface area (Å²) in [6.07, 6.45) is 5.20. The molecule has 1 aliphatic rings. The summed E-state index contributed by atoms with van der Waals surface area (Å²) in [5, 5.41) is 3.35. The van der Waals surface area contributed by atoms with Gasteiger partial charge in [0.2, 0.25) is 0 Å². The van der Waals surface area contributed by atoms with Crippen molar-refractivity contribution in [2.24, 2.45) is 5.92 Å². The number of anilines is 2. The van der Waals surface area contributed by atoms with Crippen molar-refractivity contribution < 1.29 is 4.39 Å². The monoisotopic (exact) mass is 222 g/mol. The van der Waals surface area contributed by atoms with E-state index >= 15 is 0 Å². The second-order valence-electron chi connectivity index (χ2n) is 4.75. The van der Waals surface area contributed by atoms with E-state index in [4.69, 9.17) is 5.73 Å². The molecule has 3 N–H and O–H groups in total. The van der Waals surface area contributed by atoms with Crippen LogP contribution in [0.15, 0.2) is 18.2 Å². The second kappa shape index (κ2) is 4.73. The zero-order chi connectivity index (χ0) is 11.5. The third-order valence-electron chi connectivity index (χ3n) is 3.42. The van der Waals surface area contributed by atoms with Gasteiger partial charge in [-0.1, -0.05) is 12.8 Å². The maximum Gasteiger partial charge on any atom is 0.127 e. The van der Waals surface area contributed by atoms with Crippen LogP contribution in [-0.4, -0.2) is 6.04 Å². The summed E-state index contributed by atoms with van der Waals surface area (Å²) in [4.78, 5) is 0. The van der Waals surface area contributed by atoms with Gasteiger partial charge in [0.25, 0.3) is 0 Å². The first-order chi connectivity index (χ1) is 7.65. The van der Waals surface area contributed by atoms with Crippen molar-refractivity contribution in [2.45, 2.75) is 38.6 Å². The van der Waals surface area contributed by atoms with Gasteiger partial charge in [0.05, 0.1) is 0 Å². The predicted octanol–water partition coefficient (Wildman–Crippen LogP) is 3.40. The average Bonchev–Trinajstić information content (AvgIpc) is 2.68. The number of hydrogen-bond acceptors (Lipinski definition) is 2. The quantitative estimate of drug-likeness (QED) is 0.769. The molecule has 3 heteroatoms. The van der Waals surface area contributed by atoms with Gasteiger partial charge in [0.1, 0.15) is 5.82 Å². The number of halogens is 1. The number of benzene rings is 1. The summed E-state index contributed by atoms with van der Waals surface area (Å²) in [5.74, 6) is 0.436. The molecule has 0 bridgehead atoms. The molecule has 88 valence electrons. The van der Waals surface area contributed by atoms with Crippen LogP contribution in [0, 0.1) is 11.7 Å². The van der Waals surface area contributed by atoms with Crippen LogP contribution in [0.5, 0.6) is 0 Å². The predicted molar refractivity (Wildman–Crippen MR) is 65.9 cm³/mol. The van der Waals surface area contributed by atoms with Crippen molar-refractivity contribution in [3.05, 3.63) is 24.0 Å². The minimum absolute atomic E-state index is 0.277. The highest BCUT2D eigenvalue weighted by molar-refractivity contribution is 5.55. The molecular weight excluding hydrogens is 203 g/mol. The lowest BCUT2D eigenvalue weighted by Crippen LogP contribution is -2.23. The van der Waals surface area contributed by atoms with E-state index in [2.05, 4.69) is 12.2 Å². The molecule has 0 amide bonds. The lowest BCUT2D eigenvalue weighted by atomic mass is 9.99. The standard InChI is InChI=1S/C13H19FN2/c1-9(10-4-2-3-5-10)16-13-7-11(14)6-12(15)8-13/h6-10,16H,2-5,15H2,1H3. The Morgan fingerprint density at radius 1 is 1.31 bits per heavy atom. The highest BCUT2D eigenvalue weighted by atomic mass is 19.1. The summed E-state index contributed by atoms with van der Waals surface area (Å²) in [5.41, 5.74) is 6.87. The summed E-state index contributed by atoms with van der Waals surface area (Å²) in [7, 11) is 0. The molecular formula is C13H19FN2. The van der Waals surface area contributed by atoms with E-state index in [0.717, 1.165) is 5.69 Å². The van der Waals surface area contributed by atoms with Crippen molar-refractivity contribution in [3.8, 4) is 0 Å². The Morgan fingerprint density at radius 3 is 2.62 bits per heavy atom. The summed E-state index contributed by atoms with van der Waals surface area (Å²) in [6, 6.07) is 5.02. The highest BCUT2D eigenvalue weighted by Gasteiger charge is 2.21. The van der Waals surface area contributed by atoms with E-state index in [1.54, 1.807) is 6.07 Å². The van der Waals surface area contributed by atoms with E-state index < -0.39 is 0 Å². The Bertz CT molecular complexity index is 339. The van der Waals surface area contributed by atoms with Crippen LogP contribution in [0.3, 0.4) is 0 Å². The number of nitrogens with one attached hydrogen (secondary N) is 1. The topological polar surface area (TPSA) is 38.0 Å². The number of nitrogen functional groups attached to an aromatic ring is 1. The van der Waals surface area contributed by atoms with Crippen LogP contribution in [0.2, 0.25) is 0 Å². The molecule has 1 aliphatic carbocycles. The molecule has 0 spiro atoms. The molecule has 0 heterocycles. The lowest BCUT2D eigenvalue weighted by Gasteiger charge is -2.21. The van der Waals surface area contributed by atoms with Gasteiger partial charge >= 0.3 is 0 Å². The molecule has 1 aromatic carbocycles. The van der Waals surface area contributed by atoms with Crippen LogP contribution in [0.25, 0.3) is 0 Å². The maximum atomic E-state index is 13.1. The third-order valence-corrected chi connectivity index (χ3v) is 3.42. The fraction of sp³-hybridized carbons (Fsp3) is 0.538. The minimum atomic E-state index is -0.277. The van der Waals surface area contributed by atoms with Crippen LogP contribution < -0.4 is 11.1 Å². The molecule has 16 heavy (non-hydrogen) atoms. The van der Waals surface area contributed by atoms with Gasteiger partial charge in [0, 0.05) is 17.4 Å². The fourth-order valence-corrected chi connectivity index (χ4v) is 2.53. The van der Waals surface area contributed by atoms with E-state index in [1.165, 1.54) is 37.8 Å². The molecule has 0 radical (unpaired) electrons. The van der Waals surface area contributed by atoms with Crippen molar-refractivity contribution in [2.75, 3.05) is 11.1 Å². The van der Waals surface area contributed by atoms with Crippen LogP contribution in [-0.2, 0) is 0 Å². The van der Waals surface area contributed by atoms with Gasteiger partial charge in [-0.3, -0.25) is 0 Å². The van der Waals surface area contributed by atoms with Gasteiger partial charge in [-0.15, -0.1) is 0 Å². The Balaban J connectivity index is 2.02. The van der Waals surface area contributed by atoms with Crippen molar-refractivity contribution in [1.29, 1.82) is 0 Å². The van der Waals surface area contributed by atoms with Crippen molar-refractivity contribution in [1.82, 2.24) is 0 Å². The first kappa shape index (κ1) is 11.2. The molecule has 0 aliphatic heterocycles. The molecule has 1 unspecified atom stereocenters. The third kappa shape index (κ3) is 2.65. The number of rotatable bonds is 3. The normalized spacial score (nSPS) is 18.6. The van der Waals surface area contributed by atoms with Gasteiger partial charge in [-0.2, -0.15) is 0 Å². The first-order valence-corrected chi connectivity index (χ1v) is 5.98. The highest BCUT2D eigenvalue weighted by Crippen LogP contribution is 2.29. The molecule has 1 aromatic rings. The van der Waals surface area contributed by atoms with Crippen molar-refractivity contribution >= 4 is 11.4 Å². The van der Waals surface area contributed by atoms with Gasteiger partial charge in [-0.25, -0.2) is 4.39 Å². The zero-order valence-electron chi connectivity index (χ0n) is 9.67. The fourth-order valence-electron chi connectivity index (χ4n) is 2.53. The molecule has 2 rings (SSSR count). The van der Waals surface area contributed by atoms with E-state index in [1.807, 2.05) is 0 Å². The Hall–Kier alpha value is -1.25. The van der Waals surface area contributed by atoms with Crippen LogP contribution >= 0.6 is 0 Å². The lowest BCUT2D eigenvalue weighted by molar-refractivity contribution is 0.482. The Morgan fingerprint density at radius 2 is 2.00 bits per heavy atom. The van der Waals surface area contributed by atoms with Gasteiger partial charge < -0.3 is 11.1 Å². The summed E-state index contributed by atoms with van der Waals surface area (Å²) in [6.45, 7) is 2.16. The average molecular weight is 222 g/mol. The zero-order valence-corrected chi connectivity index (χ0v) is 9.67. The summed E-state index contributed by atoms with van der Waals surface area (Å²) < 4.78 is 13.1.